The van der Waals surface area contributed by atoms with Crippen LogP contribution in [0.5, 0.6) is 0 Å². The maximum atomic E-state index is 11.8. The van der Waals surface area contributed by atoms with Gasteiger partial charge in [-0.1, -0.05) is 6.92 Å². The molecule has 5 heteroatoms. The van der Waals surface area contributed by atoms with Gasteiger partial charge in [0.15, 0.2) is 0 Å². The minimum atomic E-state index is -4.22. The van der Waals surface area contributed by atoms with Crippen LogP contribution in [-0.2, 0) is 4.74 Å². The summed E-state index contributed by atoms with van der Waals surface area (Å²) in [6, 6.07) is 0. The Kier molecular flexibility index (Phi) is 5.38. The number of alkyl halides is 4. The van der Waals surface area contributed by atoms with Gasteiger partial charge in [0.2, 0.25) is 0 Å². The molecular weight excluding hydrogens is 241 g/mol. The lowest BCUT2D eigenvalue weighted by atomic mass is 9.80. The third-order valence-corrected chi connectivity index (χ3v) is 3.63. The summed E-state index contributed by atoms with van der Waals surface area (Å²) in [6.45, 7) is 1.16. The lowest BCUT2D eigenvalue weighted by Gasteiger charge is -2.31. The molecule has 0 amide bonds. The Labute approximate surface area is 99.3 Å². The lowest BCUT2D eigenvalue weighted by molar-refractivity contribution is -0.174. The smallest absolute Gasteiger partial charge is 0.372 e. The molecule has 1 aliphatic rings. The molecular formula is C11H18ClF3O. The molecule has 16 heavy (non-hydrogen) atoms. The van der Waals surface area contributed by atoms with Gasteiger partial charge in [-0.15, -0.1) is 11.6 Å². The van der Waals surface area contributed by atoms with Gasteiger partial charge in [-0.25, -0.2) is 0 Å². The van der Waals surface area contributed by atoms with E-state index >= 15 is 0 Å². The lowest BCUT2D eigenvalue weighted by Crippen LogP contribution is -2.26. The number of rotatable bonds is 4. The van der Waals surface area contributed by atoms with Crippen molar-refractivity contribution >= 4 is 11.6 Å². The highest BCUT2D eigenvalue weighted by Crippen LogP contribution is 2.34. The fraction of sp³-hybridized carbons (Fsp3) is 1.00. The molecule has 0 heterocycles. The van der Waals surface area contributed by atoms with E-state index in [0.29, 0.717) is 18.3 Å². The standard InChI is InChI=1S/C11H18ClF3O/c1-8-2-3-10(12)9(6-8)4-5-16-7-11(13,14)15/h8-10H,2-7H2,1H3. The largest absolute Gasteiger partial charge is 0.411 e. The van der Waals surface area contributed by atoms with Gasteiger partial charge in [0, 0.05) is 12.0 Å². The first kappa shape index (κ1) is 14.1. The molecule has 1 aliphatic carbocycles. The first-order valence-electron chi connectivity index (χ1n) is 5.67. The van der Waals surface area contributed by atoms with E-state index in [1.54, 1.807) is 0 Å². The Hall–Kier alpha value is 0.0400. The first-order chi connectivity index (χ1) is 7.38. The van der Waals surface area contributed by atoms with Gasteiger partial charge in [0.1, 0.15) is 6.61 Å². The quantitative estimate of drug-likeness (QED) is 0.547. The number of ether oxygens (including phenoxy) is 1. The highest BCUT2D eigenvalue weighted by atomic mass is 35.5. The highest BCUT2D eigenvalue weighted by Gasteiger charge is 2.29. The second-order valence-corrected chi connectivity index (χ2v) is 5.21. The van der Waals surface area contributed by atoms with Gasteiger partial charge in [-0.3, -0.25) is 0 Å². The third kappa shape index (κ3) is 5.39. The SMILES string of the molecule is CC1CCC(Cl)C(CCOCC(F)(F)F)C1. The van der Waals surface area contributed by atoms with Crippen molar-refractivity contribution in [2.24, 2.45) is 11.8 Å². The van der Waals surface area contributed by atoms with Crippen molar-refractivity contribution in [2.75, 3.05) is 13.2 Å². The van der Waals surface area contributed by atoms with Crippen molar-refractivity contribution in [3.63, 3.8) is 0 Å². The molecule has 1 saturated carbocycles. The zero-order valence-corrected chi connectivity index (χ0v) is 10.2. The zero-order valence-electron chi connectivity index (χ0n) is 9.39. The fourth-order valence-corrected chi connectivity index (χ4v) is 2.54. The summed E-state index contributed by atoms with van der Waals surface area (Å²) in [5, 5.41) is 0.102. The molecule has 0 bridgehead atoms. The van der Waals surface area contributed by atoms with Crippen molar-refractivity contribution in [1.82, 2.24) is 0 Å². The summed E-state index contributed by atoms with van der Waals surface area (Å²) in [7, 11) is 0. The van der Waals surface area contributed by atoms with Crippen molar-refractivity contribution in [3.8, 4) is 0 Å². The Morgan fingerprint density at radius 1 is 1.31 bits per heavy atom. The van der Waals surface area contributed by atoms with Crippen molar-refractivity contribution < 1.29 is 17.9 Å². The average Bonchev–Trinajstić information content (AvgIpc) is 2.16. The fourth-order valence-electron chi connectivity index (χ4n) is 2.18. The zero-order chi connectivity index (χ0) is 12.2. The van der Waals surface area contributed by atoms with Crippen LogP contribution in [0.25, 0.3) is 0 Å². The molecule has 0 aromatic rings. The summed E-state index contributed by atoms with van der Waals surface area (Å²) in [6.07, 6.45) is -0.501. The minimum Gasteiger partial charge on any atom is -0.372 e. The summed E-state index contributed by atoms with van der Waals surface area (Å²) >= 11 is 6.14. The molecule has 0 aromatic carbocycles. The van der Waals surface area contributed by atoms with Crippen molar-refractivity contribution in [1.29, 1.82) is 0 Å². The van der Waals surface area contributed by atoms with Crippen molar-refractivity contribution in [3.05, 3.63) is 0 Å². The van der Waals surface area contributed by atoms with Crippen LogP contribution in [0, 0.1) is 11.8 Å². The number of hydrogen-bond donors (Lipinski definition) is 0. The molecule has 0 aromatic heterocycles. The minimum absolute atomic E-state index is 0.102. The maximum Gasteiger partial charge on any atom is 0.411 e. The predicted molar refractivity (Wildman–Crippen MR) is 57.6 cm³/mol. The second kappa shape index (κ2) is 6.10. The molecule has 1 fully saturated rings. The van der Waals surface area contributed by atoms with E-state index in [4.69, 9.17) is 11.6 Å². The molecule has 1 nitrogen and oxygen atoms in total. The molecule has 3 atom stereocenters. The summed E-state index contributed by atoms with van der Waals surface area (Å²) in [4.78, 5) is 0. The number of hydrogen-bond acceptors (Lipinski definition) is 1. The van der Waals surface area contributed by atoms with Crippen LogP contribution in [-0.4, -0.2) is 24.8 Å². The molecule has 0 aliphatic heterocycles. The van der Waals surface area contributed by atoms with Crippen LogP contribution in [0.3, 0.4) is 0 Å². The normalized spacial score (nSPS) is 31.7. The van der Waals surface area contributed by atoms with E-state index in [1.165, 1.54) is 0 Å². The van der Waals surface area contributed by atoms with Crippen LogP contribution in [0.1, 0.15) is 32.6 Å². The van der Waals surface area contributed by atoms with Gasteiger partial charge in [-0.2, -0.15) is 13.2 Å². The van der Waals surface area contributed by atoms with Gasteiger partial charge < -0.3 is 4.74 Å². The molecule has 3 unspecified atom stereocenters. The molecule has 0 N–H and O–H groups in total. The molecule has 1 rings (SSSR count). The monoisotopic (exact) mass is 258 g/mol. The predicted octanol–water partition coefficient (Wildman–Crippen LogP) is 4.00. The average molecular weight is 259 g/mol. The van der Waals surface area contributed by atoms with Gasteiger partial charge in [0.05, 0.1) is 0 Å². The first-order valence-corrected chi connectivity index (χ1v) is 6.10. The van der Waals surface area contributed by atoms with Crippen LogP contribution < -0.4 is 0 Å². The van der Waals surface area contributed by atoms with E-state index in [-0.39, 0.29) is 12.0 Å². The molecule has 0 saturated heterocycles. The Balaban J connectivity index is 2.16. The highest BCUT2D eigenvalue weighted by molar-refractivity contribution is 6.20. The van der Waals surface area contributed by atoms with E-state index in [1.807, 2.05) is 0 Å². The summed E-state index contributed by atoms with van der Waals surface area (Å²) < 4.78 is 40.0. The summed E-state index contributed by atoms with van der Waals surface area (Å²) in [5.41, 5.74) is 0. The van der Waals surface area contributed by atoms with E-state index in [9.17, 15) is 13.2 Å². The van der Waals surface area contributed by atoms with E-state index < -0.39 is 12.8 Å². The van der Waals surface area contributed by atoms with Gasteiger partial charge in [0.25, 0.3) is 0 Å². The Bertz CT molecular complexity index is 208. The van der Waals surface area contributed by atoms with Crippen LogP contribution in [0.4, 0.5) is 13.2 Å². The molecule has 0 radical (unpaired) electrons. The van der Waals surface area contributed by atoms with Gasteiger partial charge in [-0.05, 0) is 37.5 Å². The number of halogens is 4. The Morgan fingerprint density at radius 2 is 2.00 bits per heavy atom. The molecule has 0 spiro atoms. The van der Waals surface area contributed by atoms with Crippen LogP contribution in [0.2, 0.25) is 0 Å². The maximum absolute atomic E-state index is 11.8. The topological polar surface area (TPSA) is 9.23 Å². The van der Waals surface area contributed by atoms with E-state index in [2.05, 4.69) is 11.7 Å². The van der Waals surface area contributed by atoms with Crippen molar-refractivity contribution in [2.45, 2.75) is 44.2 Å². The van der Waals surface area contributed by atoms with Gasteiger partial charge >= 0.3 is 6.18 Å². The second-order valence-electron chi connectivity index (χ2n) is 4.65. The summed E-state index contributed by atoms with van der Waals surface area (Å²) in [5.74, 6) is 0.932. The Morgan fingerprint density at radius 3 is 2.62 bits per heavy atom. The van der Waals surface area contributed by atoms with Crippen LogP contribution >= 0.6 is 11.6 Å². The van der Waals surface area contributed by atoms with E-state index in [0.717, 1.165) is 19.3 Å². The molecule has 96 valence electrons. The third-order valence-electron chi connectivity index (χ3n) is 3.05. The van der Waals surface area contributed by atoms with Crippen LogP contribution in [0.15, 0.2) is 0 Å².